The Morgan fingerprint density at radius 3 is 2.35 bits per heavy atom. The number of piperidine rings is 1. The molecular formula is C18H27N3O2. The smallest absolute Gasteiger partial charge is 0.255 e. The van der Waals surface area contributed by atoms with Gasteiger partial charge in [-0.2, -0.15) is 0 Å². The van der Waals surface area contributed by atoms with Crippen molar-refractivity contribution in [3.8, 4) is 0 Å². The van der Waals surface area contributed by atoms with Gasteiger partial charge in [-0.1, -0.05) is 6.92 Å². The summed E-state index contributed by atoms with van der Waals surface area (Å²) in [6, 6.07) is 3.89. The van der Waals surface area contributed by atoms with E-state index in [1.165, 1.54) is 12.8 Å². The Morgan fingerprint density at radius 1 is 1.13 bits per heavy atom. The second kappa shape index (κ2) is 6.87. The second-order valence-corrected chi connectivity index (χ2v) is 7.04. The van der Waals surface area contributed by atoms with Gasteiger partial charge in [0, 0.05) is 32.4 Å². The van der Waals surface area contributed by atoms with Crippen LogP contribution in [0.2, 0.25) is 0 Å². The van der Waals surface area contributed by atoms with Gasteiger partial charge in [-0.05, 0) is 44.7 Å². The van der Waals surface area contributed by atoms with Gasteiger partial charge in [-0.3, -0.25) is 4.79 Å². The van der Waals surface area contributed by atoms with Crippen LogP contribution in [0.4, 0.5) is 5.82 Å². The SMILES string of the molecule is CC1CCN(c2ccc(C(=O)N3C[C@H](C)O[C@@H](C)C3)cn2)CC1. The predicted molar refractivity (Wildman–Crippen MR) is 90.8 cm³/mol. The van der Waals surface area contributed by atoms with Crippen LogP contribution in [0, 0.1) is 5.92 Å². The van der Waals surface area contributed by atoms with Gasteiger partial charge in [0.2, 0.25) is 0 Å². The van der Waals surface area contributed by atoms with E-state index in [2.05, 4.69) is 16.8 Å². The first-order valence-electron chi connectivity index (χ1n) is 8.68. The van der Waals surface area contributed by atoms with Crippen molar-refractivity contribution in [1.29, 1.82) is 0 Å². The maximum absolute atomic E-state index is 12.6. The molecule has 0 aromatic carbocycles. The lowest BCUT2D eigenvalue weighted by Crippen LogP contribution is -2.48. The quantitative estimate of drug-likeness (QED) is 0.841. The molecule has 2 saturated heterocycles. The number of morpholine rings is 1. The monoisotopic (exact) mass is 317 g/mol. The Hall–Kier alpha value is -1.62. The highest BCUT2D eigenvalue weighted by Crippen LogP contribution is 2.22. The van der Waals surface area contributed by atoms with Crippen molar-refractivity contribution in [3.63, 3.8) is 0 Å². The largest absolute Gasteiger partial charge is 0.372 e. The number of rotatable bonds is 2. The summed E-state index contributed by atoms with van der Waals surface area (Å²) >= 11 is 0. The van der Waals surface area contributed by atoms with E-state index < -0.39 is 0 Å². The lowest BCUT2D eigenvalue weighted by molar-refractivity contribution is -0.0586. The van der Waals surface area contributed by atoms with Crippen molar-refractivity contribution in [2.45, 2.75) is 45.8 Å². The van der Waals surface area contributed by atoms with Crippen molar-refractivity contribution in [3.05, 3.63) is 23.9 Å². The van der Waals surface area contributed by atoms with Gasteiger partial charge in [0.15, 0.2) is 0 Å². The summed E-state index contributed by atoms with van der Waals surface area (Å²) in [5.41, 5.74) is 0.667. The molecule has 3 rings (SSSR count). The van der Waals surface area contributed by atoms with Crippen molar-refractivity contribution >= 4 is 11.7 Å². The van der Waals surface area contributed by atoms with E-state index in [-0.39, 0.29) is 18.1 Å². The van der Waals surface area contributed by atoms with Crippen LogP contribution in [-0.2, 0) is 4.74 Å². The molecule has 0 bridgehead atoms. The average molecular weight is 317 g/mol. The highest BCUT2D eigenvalue weighted by atomic mass is 16.5. The van der Waals surface area contributed by atoms with E-state index in [1.54, 1.807) is 6.20 Å². The van der Waals surface area contributed by atoms with E-state index >= 15 is 0 Å². The third-order valence-corrected chi connectivity index (χ3v) is 4.81. The Balaban J connectivity index is 1.65. The van der Waals surface area contributed by atoms with Gasteiger partial charge < -0.3 is 14.5 Å². The maximum atomic E-state index is 12.6. The van der Waals surface area contributed by atoms with Crippen LogP contribution in [-0.4, -0.2) is 54.2 Å². The molecular weight excluding hydrogens is 290 g/mol. The topological polar surface area (TPSA) is 45.7 Å². The van der Waals surface area contributed by atoms with Crippen LogP contribution < -0.4 is 4.90 Å². The number of anilines is 1. The zero-order valence-corrected chi connectivity index (χ0v) is 14.4. The van der Waals surface area contributed by atoms with Crippen LogP contribution in [0.5, 0.6) is 0 Å². The molecule has 2 aliphatic rings. The highest BCUT2D eigenvalue weighted by molar-refractivity contribution is 5.94. The summed E-state index contributed by atoms with van der Waals surface area (Å²) in [6.07, 6.45) is 4.33. The molecule has 0 saturated carbocycles. The molecule has 126 valence electrons. The van der Waals surface area contributed by atoms with Gasteiger partial charge in [-0.15, -0.1) is 0 Å². The van der Waals surface area contributed by atoms with E-state index in [0.29, 0.717) is 18.7 Å². The Labute approximate surface area is 138 Å². The summed E-state index contributed by atoms with van der Waals surface area (Å²) in [5, 5.41) is 0. The molecule has 5 nitrogen and oxygen atoms in total. The molecule has 2 atom stereocenters. The molecule has 0 unspecified atom stereocenters. The summed E-state index contributed by atoms with van der Waals surface area (Å²) < 4.78 is 5.69. The lowest BCUT2D eigenvalue weighted by Gasteiger charge is -2.35. The third-order valence-electron chi connectivity index (χ3n) is 4.81. The maximum Gasteiger partial charge on any atom is 0.255 e. The van der Waals surface area contributed by atoms with Crippen LogP contribution in [0.15, 0.2) is 18.3 Å². The number of pyridine rings is 1. The fourth-order valence-corrected chi connectivity index (χ4v) is 3.46. The number of nitrogens with zero attached hydrogens (tertiary/aromatic N) is 3. The van der Waals surface area contributed by atoms with Crippen LogP contribution in [0.1, 0.15) is 44.0 Å². The third kappa shape index (κ3) is 3.83. The van der Waals surface area contributed by atoms with Crippen molar-refractivity contribution in [1.82, 2.24) is 9.88 Å². The summed E-state index contributed by atoms with van der Waals surface area (Å²) in [6.45, 7) is 9.73. The molecule has 2 aliphatic heterocycles. The average Bonchev–Trinajstić information content (AvgIpc) is 2.54. The van der Waals surface area contributed by atoms with E-state index in [9.17, 15) is 4.79 Å². The minimum Gasteiger partial charge on any atom is -0.372 e. The first kappa shape index (κ1) is 16.2. The fourth-order valence-electron chi connectivity index (χ4n) is 3.46. The fraction of sp³-hybridized carbons (Fsp3) is 0.667. The number of carbonyl (C=O) groups is 1. The van der Waals surface area contributed by atoms with Gasteiger partial charge in [0.05, 0.1) is 17.8 Å². The minimum absolute atomic E-state index is 0.0540. The lowest BCUT2D eigenvalue weighted by atomic mass is 9.99. The van der Waals surface area contributed by atoms with Gasteiger partial charge in [0.1, 0.15) is 5.82 Å². The van der Waals surface area contributed by atoms with Gasteiger partial charge in [-0.25, -0.2) is 4.98 Å². The number of carbonyl (C=O) groups excluding carboxylic acids is 1. The number of aromatic nitrogens is 1. The molecule has 23 heavy (non-hydrogen) atoms. The van der Waals surface area contributed by atoms with Crippen molar-refractivity contribution in [2.75, 3.05) is 31.1 Å². The summed E-state index contributed by atoms with van der Waals surface area (Å²) in [4.78, 5) is 21.4. The highest BCUT2D eigenvalue weighted by Gasteiger charge is 2.27. The van der Waals surface area contributed by atoms with Gasteiger partial charge >= 0.3 is 0 Å². The molecule has 1 amide bonds. The number of hydrogen-bond donors (Lipinski definition) is 0. The van der Waals surface area contributed by atoms with Crippen molar-refractivity contribution < 1.29 is 9.53 Å². The standard InChI is InChI=1S/C18H27N3O2/c1-13-6-8-20(9-7-13)17-5-4-16(10-19-17)18(22)21-11-14(2)23-15(3)12-21/h4-5,10,13-15H,6-9,11-12H2,1-3H3/t14-,15-/m0/s1. The van der Waals surface area contributed by atoms with Crippen LogP contribution >= 0.6 is 0 Å². The molecule has 1 aromatic rings. The molecule has 3 heterocycles. The normalized spacial score (nSPS) is 26.4. The molecule has 0 radical (unpaired) electrons. The second-order valence-electron chi connectivity index (χ2n) is 7.04. The summed E-state index contributed by atoms with van der Waals surface area (Å²) in [5.74, 6) is 1.84. The zero-order valence-electron chi connectivity index (χ0n) is 14.4. The summed E-state index contributed by atoms with van der Waals surface area (Å²) in [7, 11) is 0. The molecule has 2 fully saturated rings. The Morgan fingerprint density at radius 2 is 1.78 bits per heavy atom. The number of amides is 1. The minimum atomic E-state index is 0.0540. The zero-order chi connectivity index (χ0) is 16.4. The number of hydrogen-bond acceptors (Lipinski definition) is 4. The molecule has 5 heteroatoms. The molecule has 0 aliphatic carbocycles. The van der Waals surface area contributed by atoms with Crippen molar-refractivity contribution in [2.24, 2.45) is 5.92 Å². The Kier molecular flexibility index (Phi) is 4.85. The number of ether oxygens (including phenoxy) is 1. The van der Waals surface area contributed by atoms with E-state index in [4.69, 9.17) is 4.74 Å². The van der Waals surface area contributed by atoms with E-state index in [0.717, 1.165) is 24.8 Å². The van der Waals surface area contributed by atoms with E-state index in [1.807, 2.05) is 30.9 Å². The van der Waals surface area contributed by atoms with Crippen LogP contribution in [0.3, 0.4) is 0 Å². The first-order chi connectivity index (χ1) is 11.0. The molecule has 0 N–H and O–H groups in total. The Bertz CT molecular complexity index is 528. The van der Waals surface area contributed by atoms with Crippen LogP contribution in [0.25, 0.3) is 0 Å². The molecule has 0 spiro atoms. The molecule has 1 aromatic heterocycles. The van der Waals surface area contributed by atoms with Gasteiger partial charge in [0.25, 0.3) is 5.91 Å². The predicted octanol–water partition coefficient (Wildman–Crippen LogP) is 2.57. The first-order valence-corrected chi connectivity index (χ1v) is 8.68.